The van der Waals surface area contributed by atoms with Gasteiger partial charge in [-0.2, -0.15) is 5.10 Å². The molecule has 0 spiro atoms. The third-order valence-electron chi connectivity index (χ3n) is 4.00. The summed E-state index contributed by atoms with van der Waals surface area (Å²) in [6, 6.07) is 17.1. The number of carbonyl (C=O) groups is 1. The standard InChI is InChI=1S/C18H19N3O2/c1-20(2)15-10-8-14(9-11-15)17-12-16(19-21(17)18(22)23)13-6-4-3-5-7-13/h3-11,17H,12H2,1-2H3,(H,22,23)/p-1. The highest BCUT2D eigenvalue weighted by molar-refractivity contribution is 6.02. The van der Waals surface area contributed by atoms with Crippen LogP contribution in [0.5, 0.6) is 0 Å². The van der Waals surface area contributed by atoms with Crippen LogP contribution in [0.4, 0.5) is 10.5 Å². The summed E-state index contributed by atoms with van der Waals surface area (Å²) in [4.78, 5) is 13.4. The molecule has 2 aromatic carbocycles. The average Bonchev–Trinajstić information content (AvgIpc) is 3.01. The number of hydrogen-bond donors (Lipinski definition) is 0. The summed E-state index contributed by atoms with van der Waals surface area (Å²) < 4.78 is 0. The lowest BCUT2D eigenvalue weighted by Crippen LogP contribution is -2.38. The lowest BCUT2D eigenvalue weighted by molar-refractivity contribution is -0.267. The Morgan fingerprint density at radius 2 is 1.78 bits per heavy atom. The molecule has 1 aliphatic heterocycles. The summed E-state index contributed by atoms with van der Waals surface area (Å²) in [5.41, 5.74) is 3.67. The Morgan fingerprint density at radius 3 is 2.35 bits per heavy atom. The number of anilines is 1. The molecule has 2 aromatic rings. The minimum absolute atomic E-state index is 0.341. The smallest absolute Gasteiger partial charge is 0.159 e. The number of hydrogen-bond acceptors (Lipinski definition) is 4. The minimum atomic E-state index is -1.28. The summed E-state index contributed by atoms with van der Waals surface area (Å²) in [7, 11) is 3.93. The molecule has 0 saturated carbocycles. The molecule has 0 aliphatic carbocycles. The number of carboxylic acid groups (broad SMARTS) is 1. The highest BCUT2D eigenvalue weighted by Crippen LogP contribution is 2.33. The van der Waals surface area contributed by atoms with Gasteiger partial charge in [0.2, 0.25) is 0 Å². The number of hydrazone groups is 1. The van der Waals surface area contributed by atoms with Gasteiger partial charge in [0.25, 0.3) is 0 Å². The van der Waals surface area contributed by atoms with Gasteiger partial charge in [-0.1, -0.05) is 42.5 Å². The molecule has 0 aromatic heterocycles. The molecule has 0 radical (unpaired) electrons. The van der Waals surface area contributed by atoms with Crippen molar-refractivity contribution in [3.05, 3.63) is 65.7 Å². The van der Waals surface area contributed by atoms with Gasteiger partial charge in [-0.3, -0.25) is 0 Å². The molecule has 0 bridgehead atoms. The molecule has 1 heterocycles. The third-order valence-corrected chi connectivity index (χ3v) is 4.00. The molecule has 5 nitrogen and oxygen atoms in total. The molecule has 1 atom stereocenters. The van der Waals surface area contributed by atoms with Crippen LogP contribution < -0.4 is 10.0 Å². The lowest BCUT2D eigenvalue weighted by Gasteiger charge is -2.24. The number of carbonyl (C=O) groups excluding carboxylic acids is 1. The highest BCUT2D eigenvalue weighted by atomic mass is 16.4. The van der Waals surface area contributed by atoms with Gasteiger partial charge in [-0.15, -0.1) is 0 Å². The second-order valence-corrected chi connectivity index (χ2v) is 5.73. The van der Waals surface area contributed by atoms with Crippen LogP contribution in [0, 0.1) is 0 Å². The second-order valence-electron chi connectivity index (χ2n) is 5.73. The Bertz CT molecular complexity index is 724. The van der Waals surface area contributed by atoms with Crippen molar-refractivity contribution in [1.82, 2.24) is 5.01 Å². The highest BCUT2D eigenvalue weighted by Gasteiger charge is 2.29. The van der Waals surface area contributed by atoms with Crippen LogP contribution in [-0.2, 0) is 0 Å². The van der Waals surface area contributed by atoms with Crippen LogP contribution in [-0.4, -0.2) is 30.9 Å². The summed E-state index contributed by atoms with van der Waals surface area (Å²) >= 11 is 0. The first kappa shape index (κ1) is 15.1. The Balaban J connectivity index is 1.89. The molecule has 0 N–H and O–H groups in total. The van der Waals surface area contributed by atoms with E-state index in [9.17, 15) is 9.90 Å². The van der Waals surface area contributed by atoms with Crippen molar-refractivity contribution in [2.75, 3.05) is 19.0 Å². The SMILES string of the molecule is CN(C)c1ccc(C2CC(c3ccccc3)=NN2C(=O)[O-])cc1. The second kappa shape index (κ2) is 6.12. The summed E-state index contributed by atoms with van der Waals surface area (Å²) in [6.07, 6.45) is -0.739. The van der Waals surface area contributed by atoms with Gasteiger partial charge in [0.05, 0.1) is 11.8 Å². The zero-order valence-electron chi connectivity index (χ0n) is 13.1. The quantitative estimate of drug-likeness (QED) is 0.874. The van der Waals surface area contributed by atoms with Crippen LogP contribution in [0.15, 0.2) is 59.7 Å². The van der Waals surface area contributed by atoms with Gasteiger partial charge in [-0.25, -0.2) is 5.01 Å². The lowest BCUT2D eigenvalue weighted by atomic mass is 9.98. The molecule has 3 rings (SSSR count). The summed E-state index contributed by atoms with van der Waals surface area (Å²) in [6.45, 7) is 0. The molecule has 5 heteroatoms. The van der Waals surface area contributed by atoms with Gasteiger partial charge in [0.1, 0.15) is 0 Å². The number of amides is 1. The van der Waals surface area contributed by atoms with Gasteiger partial charge in [-0.05, 0) is 23.3 Å². The summed E-state index contributed by atoms with van der Waals surface area (Å²) in [5.74, 6) is 0. The normalized spacial score (nSPS) is 17.0. The van der Waals surface area contributed by atoms with Crippen molar-refractivity contribution in [2.24, 2.45) is 5.10 Å². The van der Waals surface area contributed by atoms with Crippen molar-refractivity contribution in [3.8, 4) is 0 Å². The van der Waals surface area contributed by atoms with Crippen LogP contribution in [0.1, 0.15) is 23.6 Å². The van der Waals surface area contributed by atoms with Crippen molar-refractivity contribution in [1.29, 1.82) is 0 Å². The number of benzene rings is 2. The van der Waals surface area contributed by atoms with Crippen molar-refractivity contribution in [2.45, 2.75) is 12.5 Å². The van der Waals surface area contributed by atoms with Crippen molar-refractivity contribution >= 4 is 17.5 Å². The Labute approximate surface area is 135 Å². The predicted octanol–water partition coefficient (Wildman–Crippen LogP) is 2.25. The van der Waals surface area contributed by atoms with E-state index in [0.717, 1.165) is 27.5 Å². The molecular weight excluding hydrogens is 290 g/mol. The number of rotatable bonds is 3. The fourth-order valence-electron chi connectivity index (χ4n) is 2.74. The monoisotopic (exact) mass is 308 g/mol. The van der Waals surface area contributed by atoms with Gasteiger partial charge < -0.3 is 14.8 Å². The van der Waals surface area contributed by atoms with E-state index >= 15 is 0 Å². The number of nitrogens with zero attached hydrogens (tertiary/aromatic N) is 3. The minimum Gasteiger partial charge on any atom is -0.529 e. The van der Waals surface area contributed by atoms with E-state index < -0.39 is 6.09 Å². The molecule has 0 fully saturated rings. The van der Waals surface area contributed by atoms with Crippen LogP contribution >= 0.6 is 0 Å². The van der Waals surface area contributed by atoms with E-state index in [4.69, 9.17) is 0 Å². The maximum atomic E-state index is 11.4. The first-order chi connectivity index (χ1) is 11.1. The first-order valence-corrected chi connectivity index (χ1v) is 7.46. The first-order valence-electron chi connectivity index (χ1n) is 7.46. The molecule has 118 valence electrons. The molecule has 1 unspecified atom stereocenters. The zero-order chi connectivity index (χ0) is 16.4. The largest absolute Gasteiger partial charge is 0.529 e. The van der Waals surface area contributed by atoms with E-state index in [-0.39, 0.29) is 6.04 Å². The molecule has 23 heavy (non-hydrogen) atoms. The van der Waals surface area contributed by atoms with Crippen molar-refractivity contribution < 1.29 is 9.90 Å². The van der Waals surface area contributed by atoms with Crippen molar-refractivity contribution in [3.63, 3.8) is 0 Å². The fraction of sp³-hybridized carbons (Fsp3) is 0.222. The summed E-state index contributed by atoms with van der Waals surface area (Å²) in [5, 5.41) is 16.7. The predicted molar refractivity (Wildman–Crippen MR) is 88.3 cm³/mol. The topological polar surface area (TPSA) is 59.0 Å². The zero-order valence-corrected chi connectivity index (χ0v) is 13.1. The molecule has 0 saturated heterocycles. The van der Waals surface area contributed by atoms with E-state index in [1.807, 2.05) is 73.6 Å². The van der Waals surface area contributed by atoms with E-state index in [1.165, 1.54) is 0 Å². The van der Waals surface area contributed by atoms with Gasteiger partial charge in [0.15, 0.2) is 6.09 Å². The van der Waals surface area contributed by atoms with E-state index in [1.54, 1.807) is 0 Å². The Morgan fingerprint density at radius 1 is 1.13 bits per heavy atom. The average molecular weight is 308 g/mol. The Kier molecular flexibility index (Phi) is 4.02. The maximum absolute atomic E-state index is 11.4. The van der Waals surface area contributed by atoms with E-state index in [2.05, 4.69) is 5.10 Å². The molecular formula is C18H18N3O2-. The van der Waals surface area contributed by atoms with Gasteiger partial charge in [0, 0.05) is 26.2 Å². The molecule has 1 amide bonds. The third kappa shape index (κ3) is 3.04. The van der Waals surface area contributed by atoms with Crippen LogP contribution in [0.25, 0.3) is 0 Å². The van der Waals surface area contributed by atoms with E-state index in [0.29, 0.717) is 6.42 Å². The maximum Gasteiger partial charge on any atom is 0.159 e. The Hall–Kier alpha value is -2.82. The van der Waals surface area contributed by atoms with Crippen LogP contribution in [0.3, 0.4) is 0 Å². The van der Waals surface area contributed by atoms with Crippen LogP contribution in [0.2, 0.25) is 0 Å². The fourth-order valence-corrected chi connectivity index (χ4v) is 2.74. The van der Waals surface area contributed by atoms with Gasteiger partial charge >= 0.3 is 0 Å². The molecule has 1 aliphatic rings.